The Balaban J connectivity index is 1.54. The van der Waals surface area contributed by atoms with Crippen LogP contribution in [0.25, 0.3) is 0 Å². The Hall–Kier alpha value is -1.96. The number of anilines is 2. The van der Waals surface area contributed by atoms with E-state index in [-0.39, 0.29) is 5.28 Å². The average Bonchev–Trinajstić information content (AvgIpc) is 3.16. The van der Waals surface area contributed by atoms with Crippen LogP contribution in [0, 0.1) is 0 Å². The van der Waals surface area contributed by atoms with Crippen LogP contribution >= 0.6 is 11.6 Å². The molecule has 112 valence electrons. The fraction of sp³-hybridized carbons (Fsp3) is 0.583. The molecule has 1 saturated heterocycles. The number of rotatable bonds is 6. The molecule has 0 atom stereocenters. The zero-order chi connectivity index (χ0) is 14.5. The van der Waals surface area contributed by atoms with Gasteiger partial charge in [0.15, 0.2) is 0 Å². The van der Waals surface area contributed by atoms with Crippen LogP contribution in [-0.4, -0.2) is 49.6 Å². The highest BCUT2D eigenvalue weighted by atomic mass is 35.5. The summed E-state index contributed by atoms with van der Waals surface area (Å²) in [6.45, 7) is 3.49. The second-order valence-electron chi connectivity index (χ2n) is 4.87. The van der Waals surface area contributed by atoms with Gasteiger partial charge in [0.1, 0.15) is 0 Å². The Kier molecular flexibility index (Phi) is 4.44. The lowest BCUT2D eigenvalue weighted by molar-refractivity contribution is 0.569. The highest BCUT2D eigenvalue weighted by Gasteiger charge is 2.16. The first-order valence-corrected chi connectivity index (χ1v) is 7.43. The third-order valence-electron chi connectivity index (χ3n) is 3.30. The van der Waals surface area contributed by atoms with Crippen LogP contribution in [-0.2, 0) is 6.54 Å². The summed E-state index contributed by atoms with van der Waals surface area (Å²) in [5, 5.41) is 11.1. The summed E-state index contributed by atoms with van der Waals surface area (Å²) >= 11 is 5.97. The fourth-order valence-corrected chi connectivity index (χ4v) is 2.43. The van der Waals surface area contributed by atoms with Gasteiger partial charge in [-0.05, 0) is 30.9 Å². The van der Waals surface area contributed by atoms with Gasteiger partial charge in [-0.3, -0.25) is 4.68 Å². The highest BCUT2D eigenvalue weighted by molar-refractivity contribution is 6.28. The van der Waals surface area contributed by atoms with Gasteiger partial charge in [-0.15, -0.1) is 5.10 Å². The van der Waals surface area contributed by atoms with E-state index < -0.39 is 0 Å². The van der Waals surface area contributed by atoms with Crippen molar-refractivity contribution in [3.63, 3.8) is 0 Å². The number of aryl methyl sites for hydroxylation is 1. The van der Waals surface area contributed by atoms with Crippen molar-refractivity contribution in [2.45, 2.75) is 25.8 Å². The number of nitrogens with one attached hydrogen (secondary N) is 1. The predicted octanol–water partition coefficient (Wildman–Crippen LogP) is 1.22. The molecule has 1 aliphatic heterocycles. The van der Waals surface area contributed by atoms with Crippen LogP contribution in [0.2, 0.25) is 5.28 Å². The van der Waals surface area contributed by atoms with E-state index in [1.54, 1.807) is 10.9 Å². The Morgan fingerprint density at radius 2 is 2.05 bits per heavy atom. The molecule has 21 heavy (non-hydrogen) atoms. The Morgan fingerprint density at radius 3 is 2.81 bits per heavy atom. The molecule has 0 aromatic carbocycles. The van der Waals surface area contributed by atoms with Gasteiger partial charge in [-0.1, -0.05) is 5.21 Å². The number of hydrogen-bond acceptors (Lipinski definition) is 7. The van der Waals surface area contributed by atoms with Gasteiger partial charge in [0.25, 0.3) is 0 Å². The van der Waals surface area contributed by atoms with Gasteiger partial charge in [-0.2, -0.15) is 15.0 Å². The van der Waals surface area contributed by atoms with Gasteiger partial charge >= 0.3 is 0 Å². The van der Waals surface area contributed by atoms with Crippen molar-refractivity contribution in [1.29, 1.82) is 0 Å². The Labute approximate surface area is 127 Å². The molecular weight excluding hydrogens is 292 g/mol. The smallest absolute Gasteiger partial charge is 0.231 e. The molecule has 0 spiro atoms. The van der Waals surface area contributed by atoms with E-state index in [0.717, 1.165) is 32.6 Å². The van der Waals surface area contributed by atoms with Crippen LogP contribution in [0.4, 0.5) is 11.9 Å². The van der Waals surface area contributed by atoms with Crippen LogP contribution in [0.15, 0.2) is 12.4 Å². The van der Waals surface area contributed by atoms with Crippen molar-refractivity contribution >= 4 is 23.5 Å². The van der Waals surface area contributed by atoms with E-state index in [0.29, 0.717) is 11.9 Å². The summed E-state index contributed by atoms with van der Waals surface area (Å²) in [4.78, 5) is 14.9. The standard InChI is InChI=1S/C12H17ClN8/c13-10-16-11(14-4-3-8-21-9-5-15-19-21)18-12(17-10)20-6-1-2-7-20/h5,9H,1-4,6-8H2,(H,14,16,17,18). The van der Waals surface area contributed by atoms with Crippen LogP contribution in [0.3, 0.4) is 0 Å². The molecule has 2 aromatic heterocycles. The van der Waals surface area contributed by atoms with Crippen molar-refractivity contribution in [3.05, 3.63) is 17.7 Å². The lowest BCUT2D eigenvalue weighted by Gasteiger charge is -2.15. The van der Waals surface area contributed by atoms with Crippen molar-refractivity contribution < 1.29 is 0 Å². The fourth-order valence-electron chi connectivity index (χ4n) is 2.27. The average molecular weight is 309 g/mol. The second-order valence-corrected chi connectivity index (χ2v) is 5.21. The molecule has 1 aliphatic rings. The maximum absolute atomic E-state index is 5.97. The second kappa shape index (κ2) is 6.66. The van der Waals surface area contributed by atoms with E-state index in [9.17, 15) is 0 Å². The van der Waals surface area contributed by atoms with Crippen LogP contribution in [0.1, 0.15) is 19.3 Å². The summed E-state index contributed by atoms with van der Waals surface area (Å²) in [5.74, 6) is 1.18. The van der Waals surface area contributed by atoms with Gasteiger partial charge in [-0.25, -0.2) is 0 Å². The molecule has 0 saturated carbocycles. The Bertz CT molecular complexity index is 567. The first-order valence-electron chi connectivity index (χ1n) is 7.06. The first-order chi connectivity index (χ1) is 10.3. The summed E-state index contributed by atoms with van der Waals surface area (Å²) in [5.41, 5.74) is 0. The third-order valence-corrected chi connectivity index (χ3v) is 3.47. The Morgan fingerprint density at radius 1 is 1.19 bits per heavy atom. The number of halogens is 1. The van der Waals surface area contributed by atoms with Crippen molar-refractivity contribution in [3.8, 4) is 0 Å². The SMILES string of the molecule is Clc1nc(NCCCn2ccnn2)nc(N2CCCC2)n1. The molecule has 0 unspecified atom stereocenters. The molecule has 1 fully saturated rings. The van der Waals surface area contributed by atoms with Crippen molar-refractivity contribution in [2.24, 2.45) is 0 Å². The molecule has 3 heterocycles. The minimum absolute atomic E-state index is 0.227. The lowest BCUT2D eigenvalue weighted by Crippen LogP contribution is -2.21. The van der Waals surface area contributed by atoms with E-state index >= 15 is 0 Å². The van der Waals surface area contributed by atoms with E-state index in [1.807, 2.05) is 6.20 Å². The molecule has 9 heteroatoms. The molecular formula is C12H17ClN8. The van der Waals surface area contributed by atoms with E-state index in [2.05, 4.69) is 35.5 Å². The molecule has 2 aromatic rings. The van der Waals surface area contributed by atoms with E-state index in [1.165, 1.54) is 12.8 Å². The molecule has 8 nitrogen and oxygen atoms in total. The van der Waals surface area contributed by atoms with Crippen molar-refractivity contribution in [2.75, 3.05) is 29.9 Å². The summed E-state index contributed by atoms with van der Waals surface area (Å²) in [6, 6.07) is 0. The van der Waals surface area contributed by atoms with Crippen molar-refractivity contribution in [1.82, 2.24) is 29.9 Å². The first kappa shape index (κ1) is 14.0. The van der Waals surface area contributed by atoms with Gasteiger partial charge in [0, 0.05) is 32.4 Å². The molecule has 0 radical (unpaired) electrons. The minimum atomic E-state index is 0.227. The largest absolute Gasteiger partial charge is 0.354 e. The zero-order valence-corrected chi connectivity index (χ0v) is 12.4. The summed E-state index contributed by atoms with van der Waals surface area (Å²) < 4.78 is 1.79. The maximum atomic E-state index is 5.97. The number of nitrogens with zero attached hydrogens (tertiary/aromatic N) is 7. The van der Waals surface area contributed by atoms with E-state index in [4.69, 9.17) is 11.6 Å². The number of aromatic nitrogens is 6. The monoisotopic (exact) mass is 308 g/mol. The molecule has 0 bridgehead atoms. The lowest BCUT2D eigenvalue weighted by atomic mass is 10.4. The molecule has 0 aliphatic carbocycles. The summed E-state index contributed by atoms with van der Waals surface area (Å²) in [7, 11) is 0. The summed E-state index contributed by atoms with van der Waals surface area (Å²) in [6.07, 6.45) is 6.74. The van der Waals surface area contributed by atoms with Gasteiger partial charge < -0.3 is 10.2 Å². The minimum Gasteiger partial charge on any atom is -0.354 e. The molecule has 3 rings (SSSR count). The quantitative estimate of drug-likeness (QED) is 0.803. The normalized spacial score (nSPS) is 14.6. The number of hydrogen-bond donors (Lipinski definition) is 1. The predicted molar refractivity (Wildman–Crippen MR) is 79.4 cm³/mol. The topological polar surface area (TPSA) is 84.7 Å². The molecule has 0 amide bonds. The van der Waals surface area contributed by atoms with Crippen LogP contribution < -0.4 is 10.2 Å². The highest BCUT2D eigenvalue weighted by Crippen LogP contribution is 2.18. The maximum Gasteiger partial charge on any atom is 0.231 e. The molecule has 1 N–H and O–H groups in total. The zero-order valence-electron chi connectivity index (χ0n) is 11.6. The van der Waals surface area contributed by atoms with Gasteiger partial charge in [0.05, 0.1) is 6.20 Å². The van der Waals surface area contributed by atoms with Crippen LogP contribution in [0.5, 0.6) is 0 Å². The van der Waals surface area contributed by atoms with Gasteiger partial charge in [0.2, 0.25) is 17.2 Å². The third kappa shape index (κ3) is 3.78.